The van der Waals surface area contributed by atoms with Crippen molar-refractivity contribution in [2.75, 3.05) is 11.9 Å². The lowest BCUT2D eigenvalue weighted by atomic mass is 10.2. The Labute approximate surface area is 145 Å². The SMILES string of the molecule is Cc1c(Br)cc(NCC(=O)N/N=C\c2cccnc2)cc1Br. The second kappa shape index (κ2) is 8.05. The molecule has 1 amide bonds. The van der Waals surface area contributed by atoms with Gasteiger partial charge in [-0.1, -0.05) is 37.9 Å². The van der Waals surface area contributed by atoms with Crippen molar-refractivity contribution >= 4 is 49.7 Å². The summed E-state index contributed by atoms with van der Waals surface area (Å²) >= 11 is 6.94. The minimum atomic E-state index is -0.229. The second-order valence-electron chi connectivity index (χ2n) is 4.50. The highest BCUT2D eigenvalue weighted by atomic mass is 79.9. The average Bonchev–Trinajstić information content (AvgIpc) is 2.51. The molecule has 2 aromatic rings. The first-order chi connectivity index (χ1) is 10.6. The van der Waals surface area contributed by atoms with E-state index in [-0.39, 0.29) is 12.5 Å². The number of hydrazone groups is 1. The van der Waals surface area contributed by atoms with Gasteiger partial charge in [-0.2, -0.15) is 5.10 Å². The molecular weight excluding hydrogens is 412 g/mol. The molecule has 5 nitrogen and oxygen atoms in total. The molecule has 2 N–H and O–H groups in total. The predicted molar refractivity (Wildman–Crippen MR) is 95.0 cm³/mol. The van der Waals surface area contributed by atoms with E-state index in [1.54, 1.807) is 24.7 Å². The van der Waals surface area contributed by atoms with Crippen LogP contribution in [0.15, 0.2) is 50.7 Å². The van der Waals surface area contributed by atoms with Crippen molar-refractivity contribution in [2.45, 2.75) is 6.92 Å². The quantitative estimate of drug-likeness (QED) is 0.569. The summed E-state index contributed by atoms with van der Waals surface area (Å²) in [6.45, 7) is 2.13. The Kier molecular flexibility index (Phi) is 6.09. The van der Waals surface area contributed by atoms with Crippen molar-refractivity contribution in [3.05, 3.63) is 56.7 Å². The molecule has 0 spiro atoms. The average molecular weight is 426 g/mol. The van der Waals surface area contributed by atoms with Gasteiger partial charge in [0.25, 0.3) is 5.91 Å². The lowest BCUT2D eigenvalue weighted by molar-refractivity contribution is -0.119. The van der Waals surface area contributed by atoms with Gasteiger partial charge in [0, 0.05) is 32.6 Å². The highest BCUT2D eigenvalue weighted by Crippen LogP contribution is 2.28. The molecular formula is C15H14Br2N4O. The molecule has 0 unspecified atom stereocenters. The third-order valence-corrected chi connectivity index (χ3v) is 4.47. The van der Waals surface area contributed by atoms with Gasteiger partial charge in [-0.05, 0) is 30.7 Å². The third kappa shape index (κ3) is 4.92. The highest BCUT2D eigenvalue weighted by molar-refractivity contribution is 9.11. The van der Waals surface area contributed by atoms with E-state index in [1.807, 2.05) is 25.1 Å². The maximum atomic E-state index is 11.7. The van der Waals surface area contributed by atoms with Gasteiger partial charge < -0.3 is 5.32 Å². The van der Waals surface area contributed by atoms with Crippen molar-refractivity contribution in [3.63, 3.8) is 0 Å². The van der Waals surface area contributed by atoms with E-state index in [2.05, 4.69) is 52.7 Å². The van der Waals surface area contributed by atoms with Crippen LogP contribution in [0.5, 0.6) is 0 Å². The fourth-order valence-electron chi connectivity index (χ4n) is 1.60. The van der Waals surface area contributed by atoms with Crippen LogP contribution in [0.3, 0.4) is 0 Å². The Morgan fingerprint density at radius 3 is 2.73 bits per heavy atom. The fourth-order valence-corrected chi connectivity index (χ4v) is 2.79. The molecule has 0 bridgehead atoms. The zero-order chi connectivity index (χ0) is 15.9. The zero-order valence-corrected chi connectivity index (χ0v) is 15.0. The smallest absolute Gasteiger partial charge is 0.259 e. The molecule has 22 heavy (non-hydrogen) atoms. The number of nitrogens with zero attached hydrogens (tertiary/aromatic N) is 2. The summed E-state index contributed by atoms with van der Waals surface area (Å²) in [6, 6.07) is 7.50. The summed E-state index contributed by atoms with van der Waals surface area (Å²) in [4.78, 5) is 15.7. The van der Waals surface area contributed by atoms with Crippen LogP contribution < -0.4 is 10.7 Å². The number of carbonyl (C=O) groups excluding carboxylic acids is 1. The van der Waals surface area contributed by atoms with Gasteiger partial charge in [-0.25, -0.2) is 5.43 Å². The van der Waals surface area contributed by atoms with Crippen molar-refractivity contribution in [1.82, 2.24) is 10.4 Å². The van der Waals surface area contributed by atoms with Crippen molar-refractivity contribution in [2.24, 2.45) is 5.10 Å². The maximum Gasteiger partial charge on any atom is 0.259 e. The van der Waals surface area contributed by atoms with Crippen molar-refractivity contribution in [1.29, 1.82) is 0 Å². The summed E-state index contributed by atoms with van der Waals surface area (Å²) in [5.74, 6) is -0.229. The Morgan fingerprint density at radius 1 is 1.36 bits per heavy atom. The van der Waals surface area contributed by atoms with Gasteiger partial charge in [-0.15, -0.1) is 0 Å². The summed E-state index contributed by atoms with van der Waals surface area (Å²) in [7, 11) is 0. The van der Waals surface area contributed by atoms with Crippen molar-refractivity contribution in [3.8, 4) is 0 Å². The van der Waals surface area contributed by atoms with Crippen LogP contribution in [-0.2, 0) is 4.79 Å². The number of hydrogen-bond donors (Lipinski definition) is 2. The number of amides is 1. The number of aromatic nitrogens is 1. The summed E-state index contributed by atoms with van der Waals surface area (Å²) < 4.78 is 1.94. The summed E-state index contributed by atoms with van der Waals surface area (Å²) in [5.41, 5.74) is 5.23. The van der Waals surface area contributed by atoms with Gasteiger partial charge >= 0.3 is 0 Å². The van der Waals surface area contributed by atoms with E-state index in [4.69, 9.17) is 0 Å². The molecule has 114 valence electrons. The predicted octanol–water partition coefficient (Wildman–Crippen LogP) is 3.48. The van der Waals surface area contributed by atoms with Crippen LogP contribution in [0.4, 0.5) is 5.69 Å². The van der Waals surface area contributed by atoms with E-state index in [0.29, 0.717) is 0 Å². The van der Waals surface area contributed by atoms with Crippen LogP contribution in [0.2, 0.25) is 0 Å². The Bertz CT molecular complexity index is 666. The number of carbonyl (C=O) groups is 1. The number of halogens is 2. The normalized spacial score (nSPS) is 10.7. The molecule has 0 aliphatic heterocycles. The van der Waals surface area contributed by atoms with Crippen LogP contribution in [0.1, 0.15) is 11.1 Å². The number of anilines is 1. The summed E-state index contributed by atoms with van der Waals surface area (Å²) in [6.07, 6.45) is 4.89. The molecule has 1 aromatic carbocycles. The first kappa shape index (κ1) is 16.6. The minimum Gasteiger partial charge on any atom is -0.376 e. The number of benzene rings is 1. The lowest BCUT2D eigenvalue weighted by Gasteiger charge is -2.09. The minimum absolute atomic E-state index is 0.131. The van der Waals surface area contributed by atoms with Crippen molar-refractivity contribution < 1.29 is 4.79 Å². The monoisotopic (exact) mass is 424 g/mol. The molecule has 0 saturated heterocycles. The number of rotatable bonds is 5. The van der Waals surface area contributed by atoms with Crippen LogP contribution in [-0.4, -0.2) is 23.7 Å². The first-order valence-corrected chi connectivity index (χ1v) is 8.06. The van der Waals surface area contributed by atoms with E-state index in [9.17, 15) is 4.79 Å². The van der Waals surface area contributed by atoms with Gasteiger partial charge in [0.05, 0.1) is 12.8 Å². The topological polar surface area (TPSA) is 66.4 Å². The van der Waals surface area contributed by atoms with Gasteiger partial charge in [0.2, 0.25) is 0 Å². The van der Waals surface area contributed by atoms with Crippen LogP contribution >= 0.6 is 31.9 Å². The van der Waals surface area contributed by atoms with Gasteiger partial charge in [-0.3, -0.25) is 9.78 Å². The largest absolute Gasteiger partial charge is 0.376 e. The maximum absolute atomic E-state index is 11.7. The zero-order valence-electron chi connectivity index (χ0n) is 11.8. The van der Waals surface area contributed by atoms with Crippen LogP contribution in [0, 0.1) is 6.92 Å². The molecule has 0 fully saturated rings. The standard InChI is InChI=1S/C15H14Br2N4O/c1-10-13(16)5-12(6-14(10)17)19-9-15(22)21-20-8-11-3-2-4-18-7-11/h2-8,19H,9H2,1H3,(H,21,22)/b20-8-. The van der Waals surface area contributed by atoms with Gasteiger partial charge in [0.15, 0.2) is 0 Å². The molecule has 1 aromatic heterocycles. The fraction of sp³-hybridized carbons (Fsp3) is 0.133. The highest BCUT2D eigenvalue weighted by Gasteiger charge is 2.05. The van der Waals surface area contributed by atoms with Crippen LogP contribution in [0.25, 0.3) is 0 Å². The Balaban J connectivity index is 1.84. The second-order valence-corrected chi connectivity index (χ2v) is 6.21. The molecule has 0 aliphatic rings. The van der Waals surface area contributed by atoms with Gasteiger partial charge in [0.1, 0.15) is 0 Å². The van der Waals surface area contributed by atoms with E-state index in [1.165, 1.54) is 0 Å². The molecule has 7 heteroatoms. The Morgan fingerprint density at radius 2 is 2.09 bits per heavy atom. The molecule has 0 saturated carbocycles. The molecule has 0 atom stereocenters. The molecule has 1 heterocycles. The number of pyridine rings is 1. The Hall–Kier alpha value is -1.73. The molecule has 0 radical (unpaired) electrons. The first-order valence-electron chi connectivity index (χ1n) is 6.47. The number of nitrogens with one attached hydrogen (secondary N) is 2. The molecule has 2 rings (SSSR count). The third-order valence-electron chi connectivity index (χ3n) is 2.82. The van der Waals surface area contributed by atoms with E-state index < -0.39 is 0 Å². The lowest BCUT2D eigenvalue weighted by Crippen LogP contribution is -2.25. The summed E-state index contributed by atoms with van der Waals surface area (Å²) in [5, 5.41) is 6.92. The van der Waals surface area contributed by atoms with E-state index in [0.717, 1.165) is 25.8 Å². The van der Waals surface area contributed by atoms with E-state index >= 15 is 0 Å². The molecule has 0 aliphatic carbocycles. The number of hydrogen-bond acceptors (Lipinski definition) is 4.